The smallest absolute Gasteiger partial charge is 0.224 e. The molecule has 0 fully saturated rings. The van der Waals surface area contributed by atoms with Gasteiger partial charge in [0.05, 0.1) is 0 Å². The van der Waals surface area contributed by atoms with E-state index in [4.69, 9.17) is 6.42 Å². The summed E-state index contributed by atoms with van der Waals surface area (Å²) in [6, 6.07) is 2.03. The number of carbonyl (C=O) groups is 1. The van der Waals surface area contributed by atoms with Crippen LogP contribution in [-0.2, 0) is 4.79 Å². The van der Waals surface area contributed by atoms with E-state index in [1.807, 2.05) is 13.8 Å². The van der Waals surface area contributed by atoms with Crippen LogP contribution in [0.1, 0.15) is 32.3 Å². The van der Waals surface area contributed by atoms with E-state index in [0.29, 0.717) is 12.3 Å². The van der Waals surface area contributed by atoms with Gasteiger partial charge >= 0.3 is 0 Å². The summed E-state index contributed by atoms with van der Waals surface area (Å²) in [4.78, 5) is 11.5. The van der Waals surface area contributed by atoms with Gasteiger partial charge in [-0.05, 0) is 24.5 Å². The number of hydrogen-bond acceptors (Lipinski definition) is 1. The van der Waals surface area contributed by atoms with Gasteiger partial charge in [0.25, 0.3) is 0 Å². The molecule has 0 unspecified atom stereocenters. The van der Waals surface area contributed by atoms with Crippen molar-refractivity contribution in [1.29, 1.82) is 0 Å². The van der Waals surface area contributed by atoms with Crippen LogP contribution in [0, 0.1) is 29.9 Å². The Labute approximate surface area is 105 Å². The van der Waals surface area contributed by atoms with Gasteiger partial charge in [0.1, 0.15) is 5.69 Å². The second kappa shape index (κ2) is 6.15. The molecule has 0 aromatic heterocycles. The molecule has 0 aliphatic rings. The van der Waals surface area contributed by atoms with Crippen molar-refractivity contribution in [1.82, 2.24) is 0 Å². The molecule has 0 radical (unpaired) electrons. The zero-order valence-corrected chi connectivity index (χ0v) is 10.4. The molecule has 1 amide bonds. The number of amides is 1. The standard InChI is InChI=1S/C14H15F2NO/c1-4-10-7-11(15)14(12(16)8-10)17-13(18)6-5-9(2)3/h1,7-9H,5-6H2,2-3H3,(H,17,18). The summed E-state index contributed by atoms with van der Waals surface area (Å²) in [5, 5.41) is 2.23. The van der Waals surface area contributed by atoms with Crippen molar-refractivity contribution in [3.8, 4) is 12.3 Å². The van der Waals surface area contributed by atoms with Crippen LogP contribution in [0.15, 0.2) is 12.1 Å². The number of nitrogens with one attached hydrogen (secondary N) is 1. The highest BCUT2D eigenvalue weighted by atomic mass is 19.1. The summed E-state index contributed by atoms with van der Waals surface area (Å²) < 4.78 is 27.0. The van der Waals surface area contributed by atoms with Gasteiger partial charge in [-0.3, -0.25) is 4.79 Å². The van der Waals surface area contributed by atoms with Gasteiger partial charge in [0.15, 0.2) is 11.6 Å². The number of hydrogen-bond donors (Lipinski definition) is 1. The van der Waals surface area contributed by atoms with Crippen LogP contribution >= 0.6 is 0 Å². The number of rotatable bonds is 4. The Balaban J connectivity index is 2.79. The van der Waals surface area contributed by atoms with Crippen LogP contribution in [-0.4, -0.2) is 5.91 Å². The Bertz CT molecular complexity index is 466. The molecule has 2 nitrogen and oxygen atoms in total. The summed E-state index contributed by atoms with van der Waals surface area (Å²) in [5.41, 5.74) is -0.340. The molecule has 0 heterocycles. The van der Waals surface area contributed by atoms with Crippen molar-refractivity contribution >= 4 is 11.6 Å². The Morgan fingerprint density at radius 2 is 1.94 bits per heavy atom. The number of terminal acetylenes is 1. The largest absolute Gasteiger partial charge is 0.321 e. The average molecular weight is 251 g/mol. The topological polar surface area (TPSA) is 29.1 Å². The fourth-order valence-electron chi connectivity index (χ4n) is 1.40. The van der Waals surface area contributed by atoms with Crippen molar-refractivity contribution in [3.05, 3.63) is 29.3 Å². The zero-order valence-electron chi connectivity index (χ0n) is 10.4. The van der Waals surface area contributed by atoms with Crippen molar-refractivity contribution in [3.63, 3.8) is 0 Å². The number of benzene rings is 1. The van der Waals surface area contributed by atoms with Crippen LogP contribution in [0.2, 0.25) is 0 Å². The molecule has 0 saturated heterocycles. The molecule has 18 heavy (non-hydrogen) atoms. The first-order valence-electron chi connectivity index (χ1n) is 5.69. The number of halogens is 2. The van der Waals surface area contributed by atoms with Crippen molar-refractivity contribution in [2.24, 2.45) is 5.92 Å². The maximum Gasteiger partial charge on any atom is 0.224 e. The molecule has 0 aliphatic heterocycles. The maximum atomic E-state index is 13.5. The predicted octanol–water partition coefficient (Wildman–Crippen LogP) is 3.32. The maximum absolute atomic E-state index is 13.5. The minimum absolute atomic E-state index is 0.102. The fraction of sp³-hybridized carbons (Fsp3) is 0.357. The third-order valence-corrected chi connectivity index (χ3v) is 2.42. The molecular weight excluding hydrogens is 236 g/mol. The van der Waals surface area contributed by atoms with Gasteiger partial charge in [-0.1, -0.05) is 19.8 Å². The summed E-state index contributed by atoms with van der Waals surface area (Å²) in [6.07, 6.45) is 5.94. The quantitative estimate of drug-likeness (QED) is 0.817. The molecule has 96 valence electrons. The third kappa shape index (κ3) is 3.85. The van der Waals surface area contributed by atoms with E-state index < -0.39 is 23.2 Å². The van der Waals surface area contributed by atoms with Crippen molar-refractivity contribution in [2.75, 3.05) is 5.32 Å². The highest BCUT2D eigenvalue weighted by molar-refractivity contribution is 5.91. The number of carbonyl (C=O) groups excluding carboxylic acids is 1. The molecule has 1 aromatic carbocycles. The fourth-order valence-corrected chi connectivity index (χ4v) is 1.40. The monoisotopic (exact) mass is 251 g/mol. The molecule has 1 rings (SSSR count). The lowest BCUT2D eigenvalue weighted by Gasteiger charge is -2.09. The molecule has 0 bridgehead atoms. The normalized spacial score (nSPS) is 10.2. The van der Waals surface area contributed by atoms with Crippen molar-refractivity contribution < 1.29 is 13.6 Å². The molecule has 0 aliphatic carbocycles. The van der Waals surface area contributed by atoms with E-state index in [1.54, 1.807) is 0 Å². The van der Waals surface area contributed by atoms with Gasteiger partial charge in [0, 0.05) is 12.0 Å². The summed E-state index contributed by atoms with van der Waals surface area (Å²) in [6.45, 7) is 3.94. The minimum atomic E-state index is -0.860. The predicted molar refractivity (Wildman–Crippen MR) is 67.0 cm³/mol. The van der Waals surface area contributed by atoms with Gasteiger partial charge in [-0.15, -0.1) is 6.42 Å². The molecule has 1 N–H and O–H groups in total. The van der Waals surface area contributed by atoms with E-state index in [2.05, 4.69) is 11.2 Å². The molecule has 4 heteroatoms. The SMILES string of the molecule is C#Cc1cc(F)c(NC(=O)CCC(C)C)c(F)c1. The molecule has 0 spiro atoms. The highest BCUT2D eigenvalue weighted by Gasteiger charge is 2.13. The van der Waals surface area contributed by atoms with Crippen LogP contribution in [0.5, 0.6) is 0 Å². The van der Waals surface area contributed by atoms with E-state index in [9.17, 15) is 13.6 Å². The first-order valence-corrected chi connectivity index (χ1v) is 5.69. The Morgan fingerprint density at radius 3 is 2.39 bits per heavy atom. The Kier molecular flexibility index (Phi) is 4.85. The van der Waals surface area contributed by atoms with E-state index in [-0.39, 0.29) is 12.0 Å². The van der Waals surface area contributed by atoms with Crippen LogP contribution < -0.4 is 5.32 Å². The van der Waals surface area contributed by atoms with Crippen LogP contribution in [0.3, 0.4) is 0 Å². The third-order valence-electron chi connectivity index (χ3n) is 2.42. The Morgan fingerprint density at radius 1 is 1.39 bits per heavy atom. The molecule has 0 saturated carbocycles. The lowest BCUT2D eigenvalue weighted by atomic mass is 10.1. The summed E-state index contributed by atoms with van der Waals surface area (Å²) >= 11 is 0. The van der Waals surface area contributed by atoms with Crippen molar-refractivity contribution in [2.45, 2.75) is 26.7 Å². The minimum Gasteiger partial charge on any atom is -0.321 e. The van der Waals surface area contributed by atoms with Gasteiger partial charge < -0.3 is 5.32 Å². The number of anilines is 1. The van der Waals surface area contributed by atoms with Gasteiger partial charge in [-0.2, -0.15) is 0 Å². The zero-order chi connectivity index (χ0) is 13.7. The van der Waals surface area contributed by atoms with Crippen LogP contribution in [0.4, 0.5) is 14.5 Å². The first kappa shape index (κ1) is 14.2. The summed E-state index contributed by atoms with van der Waals surface area (Å²) in [5.74, 6) is 0.364. The Hall–Kier alpha value is -1.89. The lowest BCUT2D eigenvalue weighted by molar-refractivity contribution is -0.116. The molecule has 0 atom stereocenters. The second-order valence-electron chi connectivity index (χ2n) is 4.44. The average Bonchev–Trinajstić information content (AvgIpc) is 2.30. The lowest BCUT2D eigenvalue weighted by Crippen LogP contribution is -2.14. The van der Waals surface area contributed by atoms with Gasteiger partial charge in [0.2, 0.25) is 5.91 Å². The van der Waals surface area contributed by atoms with Crippen LogP contribution in [0.25, 0.3) is 0 Å². The van der Waals surface area contributed by atoms with E-state index in [1.165, 1.54) is 0 Å². The van der Waals surface area contributed by atoms with E-state index >= 15 is 0 Å². The van der Waals surface area contributed by atoms with E-state index in [0.717, 1.165) is 12.1 Å². The molecule has 1 aromatic rings. The summed E-state index contributed by atoms with van der Waals surface area (Å²) in [7, 11) is 0. The molecular formula is C14H15F2NO. The first-order chi connectivity index (χ1) is 8.43. The van der Waals surface area contributed by atoms with Gasteiger partial charge in [-0.25, -0.2) is 8.78 Å². The second-order valence-corrected chi connectivity index (χ2v) is 4.44. The highest BCUT2D eigenvalue weighted by Crippen LogP contribution is 2.21.